The second-order valence-corrected chi connectivity index (χ2v) is 6.99. The van der Waals surface area contributed by atoms with Gasteiger partial charge in [-0.2, -0.15) is 0 Å². The molecule has 1 saturated heterocycles. The first kappa shape index (κ1) is 14.7. The highest BCUT2D eigenvalue weighted by Gasteiger charge is 2.59. The van der Waals surface area contributed by atoms with Crippen LogP contribution in [0.1, 0.15) is 40.7 Å². The number of aromatic carboxylic acids is 1. The Kier molecular flexibility index (Phi) is 3.41. The smallest absolute Gasteiger partial charge is 0.336 e. The van der Waals surface area contributed by atoms with Crippen LogP contribution in [0.2, 0.25) is 0 Å². The van der Waals surface area contributed by atoms with E-state index in [0.717, 1.165) is 50.0 Å². The fraction of sp³-hybridized carbons (Fsp3) is 0.556. The molecule has 3 aliphatic rings. The van der Waals surface area contributed by atoms with Crippen LogP contribution in [0.5, 0.6) is 0 Å². The van der Waals surface area contributed by atoms with Crippen molar-refractivity contribution in [1.29, 1.82) is 0 Å². The summed E-state index contributed by atoms with van der Waals surface area (Å²) in [6.45, 7) is 2.64. The molecule has 2 aliphatic heterocycles. The summed E-state index contributed by atoms with van der Waals surface area (Å²) >= 11 is 0. The van der Waals surface area contributed by atoms with E-state index in [1.54, 1.807) is 12.1 Å². The monoisotopic (exact) mass is 315 g/mol. The predicted molar refractivity (Wildman–Crippen MR) is 83.1 cm³/mol. The number of carboxylic acid groups (broad SMARTS) is 1. The molecule has 2 heterocycles. The highest BCUT2D eigenvalue weighted by atomic mass is 16.5. The SMILES string of the molecule is O=C(O)c1cccc2c1CN(C(=O)C1CC13CCOCC3)CC2. The number of nitrogens with zero attached hydrogens (tertiary/aromatic N) is 1. The summed E-state index contributed by atoms with van der Waals surface area (Å²) in [6.07, 6.45) is 3.67. The number of benzene rings is 1. The number of carbonyl (C=O) groups excluding carboxylic acids is 1. The standard InChI is InChI=1S/C18H21NO4/c20-16(15-10-18(15)5-8-23-9-6-18)19-7-4-12-2-1-3-13(17(21)22)14(12)11-19/h1-3,15H,4-11H2,(H,21,22). The summed E-state index contributed by atoms with van der Waals surface area (Å²) in [5.74, 6) is -0.592. The third-order valence-corrected chi connectivity index (χ3v) is 5.79. The molecule has 5 heteroatoms. The number of fused-ring (bicyclic) bond motifs is 1. The predicted octanol–water partition coefficient (Wildman–Crippen LogP) is 2.09. The van der Waals surface area contributed by atoms with Gasteiger partial charge in [0.05, 0.1) is 5.56 Å². The summed E-state index contributed by atoms with van der Waals surface area (Å²) in [5, 5.41) is 9.37. The van der Waals surface area contributed by atoms with Crippen LogP contribution in [0, 0.1) is 11.3 Å². The van der Waals surface area contributed by atoms with E-state index in [4.69, 9.17) is 4.74 Å². The fourth-order valence-electron chi connectivity index (χ4n) is 4.22. The van der Waals surface area contributed by atoms with E-state index in [0.29, 0.717) is 18.7 Å². The second kappa shape index (κ2) is 5.34. The van der Waals surface area contributed by atoms with Crippen molar-refractivity contribution in [1.82, 2.24) is 4.90 Å². The molecule has 1 unspecified atom stereocenters. The highest BCUT2D eigenvalue weighted by molar-refractivity contribution is 5.90. The Hall–Kier alpha value is -1.88. The highest BCUT2D eigenvalue weighted by Crippen LogP contribution is 2.59. The maximum absolute atomic E-state index is 12.9. The van der Waals surface area contributed by atoms with E-state index < -0.39 is 5.97 Å². The molecule has 5 nitrogen and oxygen atoms in total. The zero-order valence-electron chi connectivity index (χ0n) is 13.1. The topological polar surface area (TPSA) is 66.8 Å². The van der Waals surface area contributed by atoms with Crippen LogP contribution in [-0.2, 0) is 22.5 Å². The molecule has 0 aromatic heterocycles. The van der Waals surface area contributed by atoms with Crippen molar-refractivity contribution in [2.45, 2.75) is 32.2 Å². The maximum atomic E-state index is 12.9. The molecule has 0 bridgehead atoms. The van der Waals surface area contributed by atoms with Gasteiger partial charge in [-0.15, -0.1) is 0 Å². The molecule has 1 amide bonds. The van der Waals surface area contributed by atoms with Crippen molar-refractivity contribution < 1.29 is 19.4 Å². The Morgan fingerprint density at radius 1 is 1.26 bits per heavy atom. The number of rotatable bonds is 2. The first-order chi connectivity index (χ1) is 11.1. The summed E-state index contributed by atoms with van der Waals surface area (Å²) in [5.41, 5.74) is 2.37. The Morgan fingerprint density at radius 2 is 2.04 bits per heavy atom. The minimum absolute atomic E-state index is 0.116. The van der Waals surface area contributed by atoms with Gasteiger partial charge in [0.2, 0.25) is 5.91 Å². The van der Waals surface area contributed by atoms with Crippen molar-refractivity contribution in [2.75, 3.05) is 19.8 Å². The molecule has 1 N–H and O–H groups in total. The van der Waals surface area contributed by atoms with Crippen LogP contribution < -0.4 is 0 Å². The van der Waals surface area contributed by atoms with Gasteiger partial charge in [-0.3, -0.25) is 4.79 Å². The van der Waals surface area contributed by atoms with Crippen LogP contribution in [0.25, 0.3) is 0 Å². The second-order valence-electron chi connectivity index (χ2n) is 6.99. The van der Waals surface area contributed by atoms with Crippen LogP contribution in [0.3, 0.4) is 0 Å². The largest absolute Gasteiger partial charge is 0.478 e. The van der Waals surface area contributed by atoms with E-state index in [-0.39, 0.29) is 17.2 Å². The van der Waals surface area contributed by atoms with Gasteiger partial charge in [0, 0.05) is 32.2 Å². The molecule has 1 spiro atoms. The van der Waals surface area contributed by atoms with Crippen LogP contribution in [-0.4, -0.2) is 41.6 Å². The van der Waals surface area contributed by atoms with Crippen molar-refractivity contribution in [2.24, 2.45) is 11.3 Å². The number of hydrogen-bond donors (Lipinski definition) is 1. The van der Waals surface area contributed by atoms with E-state index in [2.05, 4.69) is 0 Å². The molecular weight excluding hydrogens is 294 g/mol. The molecule has 1 atom stereocenters. The third-order valence-electron chi connectivity index (χ3n) is 5.79. The fourth-order valence-corrected chi connectivity index (χ4v) is 4.22. The van der Waals surface area contributed by atoms with E-state index in [1.807, 2.05) is 11.0 Å². The number of hydrogen-bond acceptors (Lipinski definition) is 3. The van der Waals surface area contributed by atoms with Gasteiger partial charge in [-0.1, -0.05) is 12.1 Å². The Bertz CT molecular complexity index is 663. The number of carbonyl (C=O) groups is 2. The average Bonchev–Trinajstić information content (AvgIpc) is 3.26. The molecule has 23 heavy (non-hydrogen) atoms. The van der Waals surface area contributed by atoms with Gasteiger partial charge in [0.1, 0.15) is 0 Å². The minimum atomic E-state index is -0.913. The molecule has 1 aromatic carbocycles. The van der Waals surface area contributed by atoms with Crippen molar-refractivity contribution in [3.8, 4) is 0 Å². The summed E-state index contributed by atoms with van der Waals surface area (Å²) in [6, 6.07) is 5.39. The van der Waals surface area contributed by atoms with E-state index in [1.165, 1.54) is 0 Å². The Morgan fingerprint density at radius 3 is 2.78 bits per heavy atom. The van der Waals surface area contributed by atoms with Gasteiger partial charge >= 0.3 is 5.97 Å². The molecule has 1 aliphatic carbocycles. The lowest BCUT2D eigenvalue weighted by Gasteiger charge is -2.31. The average molecular weight is 315 g/mol. The zero-order valence-corrected chi connectivity index (χ0v) is 13.1. The summed E-state index contributed by atoms with van der Waals surface area (Å²) in [7, 11) is 0. The van der Waals surface area contributed by atoms with Gasteiger partial charge in [0.15, 0.2) is 0 Å². The van der Waals surface area contributed by atoms with E-state index >= 15 is 0 Å². The lowest BCUT2D eigenvalue weighted by molar-refractivity contribution is -0.135. The first-order valence-electron chi connectivity index (χ1n) is 8.31. The summed E-state index contributed by atoms with van der Waals surface area (Å²) < 4.78 is 5.42. The molecule has 1 saturated carbocycles. The normalized spacial score (nSPS) is 25.0. The van der Waals surface area contributed by atoms with Crippen molar-refractivity contribution >= 4 is 11.9 Å². The Balaban J connectivity index is 1.52. The Labute approximate surface area is 135 Å². The number of amides is 1. The molecule has 122 valence electrons. The first-order valence-corrected chi connectivity index (χ1v) is 8.31. The van der Waals surface area contributed by atoms with Gasteiger partial charge in [-0.25, -0.2) is 4.79 Å². The molecule has 1 aromatic rings. The molecular formula is C18H21NO4. The number of carboxylic acids is 1. The summed E-state index contributed by atoms with van der Waals surface area (Å²) in [4.78, 5) is 26.1. The molecule has 4 rings (SSSR count). The van der Waals surface area contributed by atoms with Crippen LogP contribution in [0.15, 0.2) is 18.2 Å². The van der Waals surface area contributed by atoms with Crippen LogP contribution >= 0.6 is 0 Å². The van der Waals surface area contributed by atoms with E-state index in [9.17, 15) is 14.7 Å². The molecule has 2 fully saturated rings. The lowest BCUT2D eigenvalue weighted by Crippen LogP contribution is -2.39. The van der Waals surface area contributed by atoms with Gasteiger partial charge < -0.3 is 14.7 Å². The van der Waals surface area contributed by atoms with Gasteiger partial charge in [-0.05, 0) is 48.3 Å². The quantitative estimate of drug-likeness (QED) is 0.907. The third kappa shape index (κ3) is 2.43. The lowest BCUT2D eigenvalue weighted by atomic mass is 9.92. The number of ether oxygens (including phenoxy) is 1. The van der Waals surface area contributed by atoms with Crippen molar-refractivity contribution in [3.63, 3.8) is 0 Å². The van der Waals surface area contributed by atoms with Gasteiger partial charge in [0.25, 0.3) is 0 Å². The maximum Gasteiger partial charge on any atom is 0.336 e. The minimum Gasteiger partial charge on any atom is -0.478 e. The zero-order chi connectivity index (χ0) is 16.0. The molecule has 0 radical (unpaired) electrons. The van der Waals surface area contributed by atoms with Crippen molar-refractivity contribution in [3.05, 3.63) is 34.9 Å². The van der Waals surface area contributed by atoms with Crippen LogP contribution in [0.4, 0.5) is 0 Å².